The van der Waals surface area contributed by atoms with E-state index in [0.717, 1.165) is 11.3 Å². The Morgan fingerprint density at radius 2 is 1.64 bits per heavy atom. The van der Waals surface area contributed by atoms with Crippen molar-refractivity contribution in [3.05, 3.63) is 82.1 Å². The fourth-order valence-corrected chi connectivity index (χ4v) is 2.65. The Morgan fingerprint density at radius 3 is 2.36 bits per heavy atom. The minimum atomic E-state index is -0.238. The Bertz CT molecular complexity index is 911. The second kappa shape index (κ2) is 7.55. The van der Waals surface area contributed by atoms with Crippen LogP contribution >= 0.6 is 23.2 Å². The maximum Gasteiger partial charge on any atom is 0.257 e. The molecule has 0 saturated heterocycles. The van der Waals surface area contributed by atoms with Gasteiger partial charge in [-0.05, 0) is 61.0 Å². The number of nitrogens with zero attached hydrogens (tertiary/aromatic N) is 1. The molecule has 2 N–H and O–H groups in total. The molecule has 0 bridgehead atoms. The van der Waals surface area contributed by atoms with Crippen LogP contribution < -0.4 is 10.6 Å². The first-order chi connectivity index (χ1) is 12.0. The maximum absolute atomic E-state index is 12.5. The van der Waals surface area contributed by atoms with Gasteiger partial charge in [0.2, 0.25) is 0 Å². The number of anilines is 3. The molecule has 0 saturated carbocycles. The van der Waals surface area contributed by atoms with E-state index in [2.05, 4.69) is 15.6 Å². The molecule has 0 radical (unpaired) electrons. The molecule has 0 atom stereocenters. The van der Waals surface area contributed by atoms with Gasteiger partial charge in [0.25, 0.3) is 5.91 Å². The first kappa shape index (κ1) is 17.3. The monoisotopic (exact) mass is 371 g/mol. The third-order valence-corrected chi connectivity index (χ3v) is 4.06. The standard InChI is InChI=1S/C19H15Cl2N3O/c1-12-8-15(21)4-7-18(12)24-19(25)13-9-17(11-22-10-13)23-16-5-2-14(20)3-6-16/h2-11,23H,1H3,(H,24,25). The number of benzene rings is 2. The quantitative estimate of drug-likeness (QED) is 0.618. The predicted octanol–water partition coefficient (Wildman–Crippen LogP) is 5.69. The SMILES string of the molecule is Cc1cc(Cl)ccc1NC(=O)c1cncc(Nc2ccc(Cl)cc2)c1. The molecule has 126 valence electrons. The minimum absolute atomic E-state index is 0.238. The Hall–Kier alpha value is -2.56. The first-order valence-electron chi connectivity index (χ1n) is 7.56. The van der Waals surface area contributed by atoms with Crippen LogP contribution in [0.2, 0.25) is 10.0 Å². The molecular formula is C19H15Cl2N3O. The molecule has 1 heterocycles. The summed E-state index contributed by atoms with van der Waals surface area (Å²) in [6, 6.07) is 14.3. The lowest BCUT2D eigenvalue weighted by Crippen LogP contribution is -2.13. The fraction of sp³-hybridized carbons (Fsp3) is 0.0526. The fourth-order valence-electron chi connectivity index (χ4n) is 2.29. The van der Waals surface area contributed by atoms with E-state index in [-0.39, 0.29) is 5.91 Å². The van der Waals surface area contributed by atoms with Crippen molar-refractivity contribution in [3.8, 4) is 0 Å². The van der Waals surface area contributed by atoms with E-state index in [1.54, 1.807) is 42.6 Å². The maximum atomic E-state index is 12.5. The normalized spacial score (nSPS) is 10.4. The first-order valence-corrected chi connectivity index (χ1v) is 8.32. The molecule has 1 amide bonds. The van der Waals surface area contributed by atoms with Crippen LogP contribution in [0.15, 0.2) is 60.9 Å². The van der Waals surface area contributed by atoms with E-state index in [1.807, 2.05) is 19.1 Å². The minimum Gasteiger partial charge on any atom is -0.354 e. The third kappa shape index (κ3) is 4.50. The Morgan fingerprint density at radius 1 is 0.920 bits per heavy atom. The molecule has 0 fully saturated rings. The van der Waals surface area contributed by atoms with Crippen molar-refractivity contribution in [3.63, 3.8) is 0 Å². The number of rotatable bonds is 4. The van der Waals surface area contributed by atoms with Crippen LogP contribution in [0.4, 0.5) is 17.1 Å². The highest BCUT2D eigenvalue weighted by Gasteiger charge is 2.09. The summed E-state index contributed by atoms with van der Waals surface area (Å²) >= 11 is 11.8. The number of aryl methyl sites for hydroxylation is 1. The number of nitrogens with one attached hydrogen (secondary N) is 2. The van der Waals surface area contributed by atoms with Gasteiger partial charge >= 0.3 is 0 Å². The number of halogens is 2. The van der Waals surface area contributed by atoms with Gasteiger partial charge in [0.15, 0.2) is 0 Å². The zero-order chi connectivity index (χ0) is 17.8. The van der Waals surface area contributed by atoms with Crippen molar-refractivity contribution in [1.82, 2.24) is 4.98 Å². The van der Waals surface area contributed by atoms with E-state index < -0.39 is 0 Å². The molecule has 0 aliphatic carbocycles. The highest BCUT2D eigenvalue weighted by Crippen LogP contribution is 2.22. The van der Waals surface area contributed by atoms with Gasteiger partial charge in [-0.15, -0.1) is 0 Å². The Labute approximate surface area is 155 Å². The van der Waals surface area contributed by atoms with Crippen molar-refractivity contribution in [2.24, 2.45) is 0 Å². The van der Waals surface area contributed by atoms with Gasteiger partial charge in [0, 0.05) is 27.6 Å². The van der Waals surface area contributed by atoms with Crippen LogP contribution in [0.25, 0.3) is 0 Å². The number of hydrogen-bond acceptors (Lipinski definition) is 3. The summed E-state index contributed by atoms with van der Waals surface area (Å²) in [6.07, 6.45) is 3.17. The molecule has 3 aromatic rings. The van der Waals surface area contributed by atoms with E-state index in [1.165, 1.54) is 6.20 Å². The topological polar surface area (TPSA) is 54.0 Å². The van der Waals surface area contributed by atoms with Crippen LogP contribution in [0, 0.1) is 6.92 Å². The molecule has 4 nitrogen and oxygen atoms in total. The van der Waals surface area contributed by atoms with Gasteiger partial charge < -0.3 is 10.6 Å². The summed E-state index contributed by atoms with van der Waals surface area (Å²) in [7, 11) is 0. The zero-order valence-electron chi connectivity index (χ0n) is 13.4. The largest absolute Gasteiger partial charge is 0.354 e. The molecular weight excluding hydrogens is 357 g/mol. The van der Waals surface area contributed by atoms with E-state index in [0.29, 0.717) is 27.0 Å². The molecule has 0 aliphatic rings. The highest BCUT2D eigenvalue weighted by molar-refractivity contribution is 6.31. The number of aromatic nitrogens is 1. The number of carbonyl (C=O) groups excluding carboxylic acids is 1. The van der Waals surface area contributed by atoms with Gasteiger partial charge in [0.05, 0.1) is 17.4 Å². The summed E-state index contributed by atoms with van der Waals surface area (Å²) in [5.74, 6) is -0.238. The van der Waals surface area contributed by atoms with Crippen molar-refractivity contribution in [2.75, 3.05) is 10.6 Å². The van der Waals surface area contributed by atoms with Crippen LogP contribution in [0.5, 0.6) is 0 Å². The van der Waals surface area contributed by atoms with Crippen LogP contribution in [-0.2, 0) is 0 Å². The van der Waals surface area contributed by atoms with Crippen molar-refractivity contribution in [2.45, 2.75) is 6.92 Å². The highest BCUT2D eigenvalue weighted by atomic mass is 35.5. The second-order valence-corrected chi connectivity index (χ2v) is 6.38. The number of pyridine rings is 1. The number of amides is 1. The van der Waals surface area contributed by atoms with E-state index >= 15 is 0 Å². The van der Waals surface area contributed by atoms with Crippen molar-refractivity contribution in [1.29, 1.82) is 0 Å². The Balaban J connectivity index is 1.76. The Kier molecular flexibility index (Phi) is 5.22. The third-order valence-electron chi connectivity index (χ3n) is 3.57. The molecule has 0 spiro atoms. The summed E-state index contributed by atoms with van der Waals surface area (Å²) in [5, 5.41) is 7.35. The average molecular weight is 372 g/mol. The van der Waals surface area contributed by atoms with Gasteiger partial charge in [-0.25, -0.2) is 0 Å². The summed E-state index contributed by atoms with van der Waals surface area (Å²) in [6.45, 7) is 1.89. The summed E-state index contributed by atoms with van der Waals surface area (Å²) in [5.41, 5.74) is 3.63. The van der Waals surface area contributed by atoms with Gasteiger partial charge in [-0.2, -0.15) is 0 Å². The predicted molar refractivity (Wildman–Crippen MR) is 103 cm³/mol. The van der Waals surface area contributed by atoms with Crippen LogP contribution in [0.1, 0.15) is 15.9 Å². The lowest BCUT2D eigenvalue weighted by Gasteiger charge is -2.10. The van der Waals surface area contributed by atoms with Crippen LogP contribution in [-0.4, -0.2) is 10.9 Å². The lowest BCUT2D eigenvalue weighted by atomic mass is 10.2. The average Bonchev–Trinajstić information content (AvgIpc) is 2.60. The van der Waals surface area contributed by atoms with Crippen LogP contribution in [0.3, 0.4) is 0 Å². The molecule has 2 aromatic carbocycles. The number of carbonyl (C=O) groups is 1. The molecule has 6 heteroatoms. The zero-order valence-corrected chi connectivity index (χ0v) is 14.9. The van der Waals surface area contributed by atoms with Crippen molar-refractivity contribution >= 4 is 46.2 Å². The molecule has 1 aromatic heterocycles. The van der Waals surface area contributed by atoms with Gasteiger partial charge in [-0.1, -0.05) is 23.2 Å². The second-order valence-electron chi connectivity index (χ2n) is 5.51. The van der Waals surface area contributed by atoms with Crippen molar-refractivity contribution < 1.29 is 4.79 Å². The van der Waals surface area contributed by atoms with E-state index in [4.69, 9.17) is 23.2 Å². The summed E-state index contributed by atoms with van der Waals surface area (Å²) in [4.78, 5) is 16.6. The molecule has 25 heavy (non-hydrogen) atoms. The molecule has 0 aliphatic heterocycles. The van der Waals surface area contributed by atoms with Gasteiger partial charge in [-0.3, -0.25) is 9.78 Å². The number of hydrogen-bond donors (Lipinski definition) is 2. The molecule has 0 unspecified atom stereocenters. The lowest BCUT2D eigenvalue weighted by molar-refractivity contribution is 0.102. The van der Waals surface area contributed by atoms with Gasteiger partial charge in [0.1, 0.15) is 0 Å². The summed E-state index contributed by atoms with van der Waals surface area (Å²) < 4.78 is 0. The van der Waals surface area contributed by atoms with E-state index in [9.17, 15) is 4.79 Å². The smallest absolute Gasteiger partial charge is 0.257 e. The molecule has 3 rings (SSSR count).